The lowest BCUT2D eigenvalue weighted by molar-refractivity contribution is -0.125. The molecule has 0 saturated heterocycles. The molecule has 0 aliphatic carbocycles. The van der Waals surface area contributed by atoms with Crippen LogP contribution in [0.2, 0.25) is 0 Å². The highest BCUT2D eigenvalue weighted by atomic mass is 16.1. The van der Waals surface area contributed by atoms with Crippen molar-refractivity contribution in [3.63, 3.8) is 0 Å². The molecule has 3 heteroatoms. The molecule has 0 saturated carbocycles. The molecular weight excluding hydrogens is 212 g/mol. The number of likely N-dealkylation sites (N-methyl/N-ethyl adjacent to an activating group) is 1. The van der Waals surface area contributed by atoms with Crippen molar-refractivity contribution < 1.29 is 4.79 Å². The largest absolute Gasteiger partial charge is 0.368 e. The van der Waals surface area contributed by atoms with Crippen molar-refractivity contribution in [2.24, 2.45) is 5.73 Å². The topological polar surface area (TPSA) is 46.3 Å². The lowest BCUT2D eigenvalue weighted by atomic mass is 9.97. The molecule has 0 bridgehead atoms. The summed E-state index contributed by atoms with van der Waals surface area (Å²) in [5.41, 5.74) is 6.42. The maximum atomic E-state index is 11.7. The van der Waals surface area contributed by atoms with E-state index in [9.17, 15) is 4.79 Å². The Morgan fingerprint density at radius 1 is 1.29 bits per heavy atom. The molecule has 2 N–H and O–H groups in total. The molecule has 1 aromatic carbocycles. The molecule has 0 aromatic heterocycles. The highest BCUT2D eigenvalue weighted by Gasteiger charge is 2.32. The fourth-order valence-electron chi connectivity index (χ4n) is 2.18. The summed E-state index contributed by atoms with van der Waals surface area (Å²) in [7, 11) is 0. The second-order valence-electron chi connectivity index (χ2n) is 5.17. The second-order valence-corrected chi connectivity index (χ2v) is 5.17. The number of hydrogen-bond acceptors (Lipinski definition) is 2. The Balaban J connectivity index is 3.14. The summed E-state index contributed by atoms with van der Waals surface area (Å²) in [6.07, 6.45) is 0. The van der Waals surface area contributed by atoms with Gasteiger partial charge < -0.3 is 5.73 Å². The number of primary amides is 1. The molecule has 0 radical (unpaired) electrons. The minimum absolute atomic E-state index is 0.0930. The molecule has 0 aliphatic heterocycles. The van der Waals surface area contributed by atoms with Crippen molar-refractivity contribution in [1.82, 2.24) is 4.90 Å². The Hall–Kier alpha value is -1.35. The zero-order chi connectivity index (χ0) is 13.1. The van der Waals surface area contributed by atoms with Crippen LogP contribution in [0.25, 0.3) is 0 Å². The molecule has 0 aliphatic rings. The van der Waals surface area contributed by atoms with Crippen molar-refractivity contribution in [3.05, 3.63) is 35.9 Å². The van der Waals surface area contributed by atoms with Crippen LogP contribution < -0.4 is 5.73 Å². The van der Waals surface area contributed by atoms with Gasteiger partial charge in [0, 0.05) is 5.54 Å². The van der Waals surface area contributed by atoms with Crippen LogP contribution >= 0.6 is 0 Å². The number of carbonyl (C=O) groups excluding carboxylic acids is 1. The summed E-state index contributed by atoms with van der Waals surface area (Å²) in [4.78, 5) is 13.8. The van der Waals surface area contributed by atoms with Crippen molar-refractivity contribution in [3.8, 4) is 0 Å². The van der Waals surface area contributed by atoms with Gasteiger partial charge in [0.05, 0.1) is 0 Å². The molecule has 1 aromatic rings. The van der Waals surface area contributed by atoms with Crippen LogP contribution in [0.5, 0.6) is 0 Å². The van der Waals surface area contributed by atoms with Gasteiger partial charge in [0.15, 0.2) is 0 Å². The number of amides is 1. The van der Waals surface area contributed by atoms with Gasteiger partial charge >= 0.3 is 0 Å². The summed E-state index contributed by atoms with van der Waals surface area (Å²) in [6.45, 7) is 9.11. The predicted octanol–water partition coefficient (Wildman–Crippen LogP) is 2.33. The van der Waals surface area contributed by atoms with Gasteiger partial charge in [-0.15, -0.1) is 0 Å². The Bertz CT molecular complexity index is 368. The monoisotopic (exact) mass is 234 g/mol. The molecule has 1 atom stereocenters. The average molecular weight is 234 g/mol. The summed E-state index contributed by atoms with van der Waals surface area (Å²) >= 11 is 0. The van der Waals surface area contributed by atoms with E-state index in [1.807, 2.05) is 37.3 Å². The van der Waals surface area contributed by atoms with Crippen LogP contribution in [0, 0.1) is 0 Å². The highest BCUT2D eigenvalue weighted by molar-refractivity contribution is 5.81. The van der Waals surface area contributed by atoms with Crippen molar-refractivity contribution in [1.29, 1.82) is 0 Å². The molecule has 3 nitrogen and oxygen atoms in total. The minimum Gasteiger partial charge on any atom is -0.368 e. The molecule has 1 amide bonds. The fraction of sp³-hybridized carbons (Fsp3) is 0.500. The first-order chi connectivity index (χ1) is 7.88. The van der Waals surface area contributed by atoms with E-state index in [2.05, 4.69) is 25.7 Å². The van der Waals surface area contributed by atoms with Gasteiger partial charge in [0.25, 0.3) is 0 Å². The summed E-state index contributed by atoms with van der Waals surface area (Å²) in [5.74, 6) is -0.298. The molecule has 17 heavy (non-hydrogen) atoms. The molecule has 0 spiro atoms. The van der Waals surface area contributed by atoms with E-state index in [1.54, 1.807) is 0 Å². The normalized spacial score (nSPS) is 13.7. The standard InChI is InChI=1S/C14H22N2O/c1-5-16(14(2,3)4)12(13(15)17)11-9-7-6-8-10-11/h6-10,12H,5H2,1-4H3,(H2,15,17). The molecule has 0 heterocycles. The number of nitrogens with two attached hydrogens (primary N) is 1. The van der Waals surface area contributed by atoms with E-state index >= 15 is 0 Å². The molecule has 0 fully saturated rings. The van der Waals surface area contributed by atoms with Crippen LogP contribution in [0.3, 0.4) is 0 Å². The van der Waals surface area contributed by atoms with Crippen LogP contribution in [-0.2, 0) is 4.79 Å². The first kappa shape index (κ1) is 13.7. The SMILES string of the molecule is CCN(C(C(N)=O)c1ccccc1)C(C)(C)C. The Labute approximate surface area is 104 Å². The van der Waals surface area contributed by atoms with E-state index in [4.69, 9.17) is 5.73 Å². The smallest absolute Gasteiger partial charge is 0.239 e. The number of benzene rings is 1. The van der Waals surface area contributed by atoms with Crippen LogP contribution in [0.1, 0.15) is 39.3 Å². The average Bonchev–Trinajstić information content (AvgIpc) is 2.24. The predicted molar refractivity (Wildman–Crippen MR) is 70.5 cm³/mol. The van der Waals surface area contributed by atoms with Gasteiger partial charge in [-0.2, -0.15) is 0 Å². The molecule has 1 rings (SSSR count). The van der Waals surface area contributed by atoms with Crippen molar-refractivity contribution in [2.75, 3.05) is 6.54 Å². The highest BCUT2D eigenvalue weighted by Crippen LogP contribution is 2.27. The van der Waals surface area contributed by atoms with Gasteiger partial charge in [-0.3, -0.25) is 9.69 Å². The fourth-order valence-corrected chi connectivity index (χ4v) is 2.18. The first-order valence-corrected chi connectivity index (χ1v) is 5.99. The minimum atomic E-state index is -0.360. The summed E-state index contributed by atoms with van der Waals surface area (Å²) < 4.78 is 0. The zero-order valence-corrected chi connectivity index (χ0v) is 11.1. The number of carbonyl (C=O) groups is 1. The van der Waals surface area contributed by atoms with E-state index in [1.165, 1.54) is 0 Å². The Morgan fingerprint density at radius 2 is 1.82 bits per heavy atom. The van der Waals surface area contributed by atoms with E-state index in [0.29, 0.717) is 0 Å². The molecular formula is C14H22N2O. The third-order valence-corrected chi connectivity index (χ3v) is 2.90. The summed E-state index contributed by atoms with van der Waals surface area (Å²) in [6, 6.07) is 9.34. The molecule has 94 valence electrons. The lowest BCUT2D eigenvalue weighted by Crippen LogP contribution is -2.48. The summed E-state index contributed by atoms with van der Waals surface area (Å²) in [5, 5.41) is 0. The number of rotatable bonds is 4. The maximum Gasteiger partial charge on any atom is 0.239 e. The van der Waals surface area contributed by atoms with Crippen molar-refractivity contribution >= 4 is 5.91 Å². The van der Waals surface area contributed by atoms with Crippen LogP contribution in [-0.4, -0.2) is 22.9 Å². The second kappa shape index (κ2) is 5.32. The third kappa shape index (κ3) is 3.30. The molecule has 1 unspecified atom stereocenters. The van der Waals surface area contributed by atoms with Gasteiger partial charge in [-0.05, 0) is 32.9 Å². The van der Waals surface area contributed by atoms with E-state index in [-0.39, 0.29) is 17.5 Å². The third-order valence-electron chi connectivity index (χ3n) is 2.90. The quantitative estimate of drug-likeness (QED) is 0.869. The Kier molecular flexibility index (Phi) is 4.29. The zero-order valence-electron chi connectivity index (χ0n) is 11.1. The maximum absolute atomic E-state index is 11.7. The van der Waals surface area contributed by atoms with Crippen LogP contribution in [0.15, 0.2) is 30.3 Å². The Morgan fingerprint density at radius 3 is 2.18 bits per heavy atom. The van der Waals surface area contributed by atoms with Gasteiger partial charge in [0.2, 0.25) is 5.91 Å². The first-order valence-electron chi connectivity index (χ1n) is 5.99. The number of nitrogens with zero attached hydrogens (tertiary/aromatic N) is 1. The van der Waals surface area contributed by atoms with Crippen LogP contribution in [0.4, 0.5) is 0 Å². The lowest BCUT2D eigenvalue weighted by Gasteiger charge is -2.39. The van der Waals surface area contributed by atoms with Gasteiger partial charge in [-0.25, -0.2) is 0 Å². The van der Waals surface area contributed by atoms with E-state index in [0.717, 1.165) is 12.1 Å². The number of hydrogen-bond donors (Lipinski definition) is 1. The van der Waals surface area contributed by atoms with Crippen molar-refractivity contribution in [2.45, 2.75) is 39.3 Å². The van der Waals surface area contributed by atoms with Gasteiger partial charge in [-0.1, -0.05) is 37.3 Å². The van der Waals surface area contributed by atoms with E-state index < -0.39 is 0 Å². The van der Waals surface area contributed by atoms with Gasteiger partial charge in [0.1, 0.15) is 6.04 Å².